The molecule has 0 spiro atoms. The molecule has 1 atom stereocenters. The number of likely N-dealkylation sites (N-methyl/N-ethyl adjacent to an activating group) is 1. The van der Waals surface area contributed by atoms with Crippen LogP contribution in [-0.2, 0) is 24.3 Å². The van der Waals surface area contributed by atoms with E-state index in [-0.39, 0.29) is 23.8 Å². The molecule has 7 nitrogen and oxygen atoms in total. The van der Waals surface area contributed by atoms with Gasteiger partial charge in [-0.25, -0.2) is 13.1 Å². The minimum absolute atomic E-state index is 0.102. The Kier molecular flexibility index (Phi) is 7.17. The maximum atomic E-state index is 12.0. The van der Waals surface area contributed by atoms with Crippen LogP contribution in [0.5, 0.6) is 0 Å². The number of sulfonamides is 1. The van der Waals surface area contributed by atoms with Crippen molar-refractivity contribution in [2.24, 2.45) is 0 Å². The van der Waals surface area contributed by atoms with Crippen LogP contribution in [0.3, 0.4) is 0 Å². The highest BCUT2D eigenvalue weighted by molar-refractivity contribution is 9.10. The average molecular weight is 407 g/mol. The van der Waals surface area contributed by atoms with E-state index in [9.17, 15) is 18.0 Å². The van der Waals surface area contributed by atoms with E-state index < -0.39 is 22.1 Å². The van der Waals surface area contributed by atoms with Crippen LogP contribution in [0.1, 0.15) is 13.3 Å². The number of nitrogens with zero attached hydrogens (tertiary/aromatic N) is 1. The second-order valence-electron chi connectivity index (χ2n) is 4.97. The van der Waals surface area contributed by atoms with E-state index in [4.69, 9.17) is 4.74 Å². The Bertz CT molecular complexity index is 658. The largest absolute Gasteiger partial charge is 0.452 e. The summed E-state index contributed by atoms with van der Waals surface area (Å²) in [6.07, 6.45) is -1.07. The van der Waals surface area contributed by atoms with Crippen molar-refractivity contribution in [2.45, 2.75) is 24.3 Å². The maximum absolute atomic E-state index is 12.0. The molecule has 1 aromatic carbocycles. The van der Waals surface area contributed by atoms with Crippen molar-refractivity contribution >= 4 is 37.8 Å². The van der Waals surface area contributed by atoms with Gasteiger partial charge in [0.1, 0.15) is 0 Å². The second-order valence-corrected chi connectivity index (χ2v) is 7.65. The third kappa shape index (κ3) is 6.28. The third-order valence-corrected chi connectivity index (χ3v) is 4.85. The number of carbonyl (C=O) groups excluding carboxylic acids is 2. The topological polar surface area (TPSA) is 92.8 Å². The van der Waals surface area contributed by atoms with Gasteiger partial charge in [0.2, 0.25) is 10.0 Å². The fraction of sp³-hybridized carbons (Fsp3) is 0.429. The SMILES string of the molecule is C[C@@H](OC(=O)CCNS(=O)(=O)c1ccc(Br)cc1)C(=O)N(C)C. The smallest absolute Gasteiger partial charge is 0.307 e. The fourth-order valence-electron chi connectivity index (χ4n) is 1.65. The number of carbonyl (C=O) groups is 2. The molecule has 9 heteroatoms. The standard InChI is InChI=1S/C14H19BrN2O5S/c1-10(14(19)17(2)3)22-13(18)8-9-16-23(20,21)12-6-4-11(15)5-7-12/h4-7,10,16H,8-9H2,1-3H3/t10-/m1/s1. The summed E-state index contributed by atoms with van der Waals surface area (Å²) >= 11 is 3.22. The number of nitrogens with one attached hydrogen (secondary N) is 1. The Hall–Kier alpha value is -1.45. The molecule has 0 aliphatic carbocycles. The van der Waals surface area contributed by atoms with Gasteiger partial charge in [-0.3, -0.25) is 9.59 Å². The second kappa shape index (κ2) is 8.42. The van der Waals surface area contributed by atoms with Crippen molar-refractivity contribution in [1.82, 2.24) is 9.62 Å². The first-order chi connectivity index (χ1) is 10.6. The summed E-state index contributed by atoms with van der Waals surface area (Å²) in [7, 11) is -0.576. The van der Waals surface area contributed by atoms with Crippen LogP contribution in [0, 0.1) is 0 Å². The molecule has 0 radical (unpaired) electrons. The van der Waals surface area contributed by atoms with Crippen molar-refractivity contribution in [3.63, 3.8) is 0 Å². The van der Waals surface area contributed by atoms with Crippen molar-refractivity contribution in [3.8, 4) is 0 Å². The maximum Gasteiger partial charge on any atom is 0.307 e. The average Bonchev–Trinajstić information content (AvgIpc) is 2.46. The first-order valence-electron chi connectivity index (χ1n) is 6.79. The molecular formula is C14H19BrN2O5S. The van der Waals surface area contributed by atoms with Crippen LogP contribution in [0.2, 0.25) is 0 Å². The lowest BCUT2D eigenvalue weighted by Gasteiger charge is -2.17. The number of ether oxygens (including phenoxy) is 1. The van der Waals surface area contributed by atoms with E-state index in [1.165, 1.54) is 24.0 Å². The summed E-state index contributed by atoms with van der Waals surface area (Å²) in [5.41, 5.74) is 0. The van der Waals surface area contributed by atoms with Crippen LogP contribution in [0.25, 0.3) is 0 Å². The summed E-state index contributed by atoms with van der Waals surface area (Å²) in [6.45, 7) is 1.35. The highest BCUT2D eigenvalue weighted by Gasteiger charge is 2.20. The lowest BCUT2D eigenvalue weighted by Crippen LogP contribution is -2.35. The van der Waals surface area contributed by atoms with Gasteiger partial charge in [0, 0.05) is 25.1 Å². The van der Waals surface area contributed by atoms with Gasteiger partial charge in [-0.1, -0.05) is 15.9 Å². The Morgan fingerprint density at radius 1 is 1.26 bits per heavy atom. The predicted octanol–water partition coefficient (Wildman–Crippen LogP) is 1.14. The molecule has 1 amide bonds. The highest BCUT2D eigenvalue weighted by Crippen LogP contribution is 2.14. The molecule has 23 heavy (non-hydrogen) atoms. The Morgan fingerprint density at radius 3 is 2.35 bits per heavy atom. The molecule has 0 saturated carbocycles. The molecule has 0 heterocycles. The summed E-state index contributed by atoms with van der Waals surface area (Å²) in [5, 5.41) is 0. The van der Waals surface area contributed by atoms with Crippen LogP contribution in [0.15, 0.2) is 33.6 Å². The van der Waals surface area contributed by atoms with E-state index in [1.54, 1.807) is 26.2 Å². The zero-order valence-electron chi connectivity index (χ0n) is 13.1. The minimum Gasteiger partial charge on any atom is -0.452 e. The fourth-order valence-corrected chi connectivity index (χ4v) is 2.95. The number of amides is 1. The molecule has 128 valence electrons. The number of hydrogen-bond acceptors (Lipinski definition) is 5. The molecule has 0 bridgehead atoms. The number of halogens is 1. The van der Waals surface area contributed by atoms with Gasteiger partial charge in [0.25, 0.3) is 5.91 Å². The van der Waals surface area contributed by atoms with Crippen LogP contribution < -0.4 is 4.72 Å². The monoisotopic (exact) mass is 406 g/mol. The molecule has 0 fully saturated rings. The van der Waals surface area contributed by atoms with Gasteiger partial charge in [-0.2, -0.15) is 0 Å². The normalized spacial score (nSPS) is 12.5. The summed E-state index contributed by atoms with van der Waals surface area (Å²) in [4.78, 5) is 24.6. The van der Waals surface area contributed by atoms with Gasteiger partial charge >= 0.3 is 5.97 Å². The zero-order chi connectivity index (χ0) is 17.6. The van der Waals surface area contributed by atoms with Gasteiger partial charge in [-0.05, 0) is 31.2 Å². The molecule has 0 aliphatic heterocycles. The van der Waals surface area contributed by atoms with Gasteiger partial charge in [0.05, 0.1) is 11.3 Å². The quantitative estimate of drug-likeness (QED) is 0.685. The van der Waals surface area contributed by atoms with E-state index in [1.807, 2.05) is 0 Å². The van der Waals surface area contributed by atoms with E-state index in [0.717, 1.165) is 4.47 Å². The van der Waals surface area contributed by atoms with E-state index >= 15 is 0 Å². The first-order valence-corrected chi connectivity index (χ1v) is 9.07. The van der Waals surface area contributed by atoms with E-state index in [2.05, 4.69) is 20.7 Å². The lowest BCUT2D eigenvalue weighted by atomic mass is 10.3. The van der Waals surface area contributed by atoms with Crippen LogP contribution in [-0.4, -0.2) is 51.9 Å². The Balaban J connectivity index is 2.48. The molecule has 0 aromatic heterocycles. The number of hydrogen-bond donors (Lipinski definition) is 1. The van der Waals surface area contributed by atoms with Gasteiger partial charge < -0.3 is 9.64 Å². The summed E-state index contributed by atoms with van der Waals surface area (Å²) in [5.74, 6) is -0.986. The molecule has 1 rings (SSSR count). The van der Waals surface area contributed by atoms with Crippen LogP contribution >= 0.6 is 15.9 Å². The summed E-state index contributed by atoms with van der Waals surface area (Å²) < 4.78 is 32.0. The third-order valence-electron chi connectivity index (χ3n) is 2.84. The van der Waals surface area contributed by atoms with Gasteiger partial charge in [-0.15, -0.1) is 0 Å². The van der Waals surface area contributed by atoms with Crippen molar-refractivity contribution in [1.29, 1.82) is 0 Å². The molecular weight excluding hydrogens is 388 g/mol. The van der Waals surface area contributed by atoms with Crippen molar-refractivity contribution in [3.05, 3.63) is 28.7 Å². The zero-order valence-corrected chi connectivity index (χ0v) is 15.5. The van der Waals surface area contributed by atoms with Crippen molar-refractivity contribution in [2.75, 3.05) is 20.6 Å². The molecule has 0 unspecified atom stereocenters. The highest BCUT2D eigenvalue weighted by atomic mass is 79.9. The predicted molar refractivity (Wildman–Crippen MR) is 88.2 cm³/mol. The first kappa shape index (κ1) is 19.6. The Morgan fingerprint density at radius 2 is 1.83 bits per heavy atom. The molecule has 1 aromatic rings. The number of esters is 1. The van der Waals surface area contributed by atoms with Crippen LogP contribution in [0.4, 0.5) is 0 Å². The molecule has 1 N–H and O–H groups in total. The lowest BCUT2D eigenvalue weighted by molar-refractivity contribution is -0.157. The minimum atomic E-state index is -3.68. The number of rotatable bonds is 7. The van der Waals surface area contributed by atoms with Crippen molar-refractivity contribution < 1.29 is 22.7 Å². The number of benzene rings is 1. The van der Waals surface area contributed by atoms with E-state index in [0.29, 0.717) is 0 Å². The van der Waals surface area contributed by atoms with Gasteiger partial charge in [0.15, 0.2) is 6.10 Å². The summed E-state index contributed by atoms with van der Waals surface area (Å²) in [6, 6.07) is 6.11. The molecule has 0 saturated heterocycles. The Labute approximate surface area is 144 Å². The molecule has 0 aliphatic rings.